The van der Waals surface area contributed by atoms with Gasteiger partial charge in [0.2, 0.25) is 0 Å². The fourth-order valence-corrected chi connectivity index (χ4v) is 6.39. The Kier molecular flexibility index (Phi) is 20.0. The lowest BCUT2D eigenvalue weighted by atomic mass is 9.99. The summed E-state index contributed by atoms with van der Waals surface area (Å²) in [7, 11) is 0. The molecule has 240 valence electrons. The molecule has 0 aliphatic carbocycles. The van der Waals surface area contributed by atoms with E-state index < -0.39 is 12.2 Å². The van der Waals surface area contributed by atoms with Gasteiger partial charge >= 0.3 is 5.97 Å². The van der Waals surface area contributed by atoms with Crippen LogP contribution in [0.4, 0.5) is 0 Å². The lowest BCUT2D eigenvalue weighted by Crippen LogP contribution is -2.31. The number of rotatable bonds is 26. The summed E-state index contributed by atoms with van der Waals surface area (Å²) < 4.78 is 11.2. The van der Waals surface area contributed by atoms with Crippen LogP contribution in [0.1, 0.15) is 168 Å². The number of unbranched alkanes of at least 4 members (excludes halogenated alkanes) is 14. The van der Waals surface area contributed by atoms with Gasteiger partial charge in [-0.1, -0.05) is 110 Å². The van der Waals surface area contributed by atoms with E-state index in [2.05, 4.69) is 6.92 Å². The van der Waals surface area contributed by atoms with Crippen molar-refractivity contribution in [1.29, 1.82) is 0 Å². The SMILES string of the molecule is CCCCCCCCCCCCC(O)C1CCC(C(O)CCCCCC(O)CCCCCCC2=CC(C)OC2=O)O1. The van der Waals surface area contributed by atoms with Gasteiger partial charge in [0.15, 0.2) is 0 Å². The van der Waals surface area contributed by atoms with Gasteiger partial charge in [0.25, 0.3) is 0 Å². The van der Waals surface area contributed by atoms with Crippen molar-refractivity contribution in [3.05, 3.63) is 11.6 Å². The number of aliphatic hydroxyl groups excluding tert-OH is 3. The Morgan fingerprint density at radius 1 is 0.683 bits per heavy atom. The van der Waals surface area contributed by atoms with E-state index in [1.54, 1.807) is 0 Å². The maximum atomic E-state index is 11.6. The second kappa shape index (κ2) is 22.6. The minimum Gasteiger partial charge on any atom is -0.455 e. The van der Waals surface area contributed by atoms with Crippen molar-refractivity contribution in [3.63, 3.8) is 0 Å². The molecule has 1 fully saturated rings. The largest absolute Gasteiger partial charge is 0.455 e. The molecule has 41 heavy (non-hydrogen) atoms. The summed E-state index contributed by atoms with van der Waals surface area (Å²) >= 11 is 0. The highest BCUT2D eigenvalue weighted by molar-refractivity contribution is 5.90. The third kappa shape index (κ3) is 16.5. The van der Waals surface area contributed by atoms with Crippen molar-refractivity contribution in [2.45, 2.75) is 205 Å². The van der Waals surface area contributed by atoms with E-state index in [1.807, 2.05) is 13.0 Å². The minimum absolute atomic E-state index is 0.0812. The summed E-state index contributed by atoms with van der Waals surface area (Å²) in [6.45, 7) is 4.15. The maximum Gasteiger partial charge on any atom is 0.334 e. The summed E-state index contributed by atoms with van der Waals surface area (Å²) in [6, 6.07) is 0. The van der Waals surface area contributed by atoms with Gasteiger partial charge in [0.05, 0.1) is 30.5 Å². The van der Waals surface area contributed by atoms with Crippen molar-refractivity contribution < 1.29 is 29.6 Å². The molecule has 0 bridgehead atoms. The van der Waals surface area contributed by atoms with Gasteiger partial charge < -0.3 is 24.8 Å². The van der Waals surface area contributed by atoms with E-state index in [-0.39, 0.29) is 30.4 Å². The Hall–Kier alpha value is -0.950. The van der Waals surface area contributed by atoms with Crippen molar-refractivity contribution >= 4 is 5.97 Å². The van der Waals surface area contributed by atoms with Crippen molar-refractivity contribution in [2.24, 2.45) is 0 Å². The van der Waals surface area contributed by atoms with Crippen molar-refractivity contribution in [3.8, 4) is 0 Å². The molecule has 3 N–H and O–H groups in total. The van der Waals surface area contributed by atoms with E-state index >= 15 is 0 Å². The topological polar surface area (TPSA) is 96.2 Å². The summed E-state index contributed by atoms with van der Waals surface area (Å²) in [5.74, 6) is -0.158. The fraction of sp³-hybridized carbons (Fsp3) is 0.914. The molecule has 0 aromatic carbocycles. The molecule has 2 heterocycles. The first kappa shape index (κ1) is 36.2. The van der Waals surface area contributed by atoms with E-state index in [4.69, 9.17) is 9.47 Å². The number of carbonyl (C=O) groups excluding carboxylic acids is 1. The van der Waals surface area contributed by atoms with Crippen molar-refractivity contribution in [1.82, 2.24) is 0 Å². The van der Waals surface area contributed by atoms with Crippen LogP contribution in [0, 0.1) is 0 Å². The first-order valence-corrected chi connectivity index (χ1v) is 17.5. The highest BCUT2D eigenvalue weighted by atomic mass is 16.5. The number of aliphatic hydroxyl groups is 3. The molecule has 2 rings (SSSR count). The predicted molar refractivity (Wildman–Crippen MR) is 167 cm³/mol. The van der Waals surface area contributed by atoms with E-state index in [0.29, 0.717) is 0 Å². The minimum atomic E-state index is -0.459. The predicted octanol–water partition coefficient (Wildman–Crippen LogP) is 8.09. The lowest BCUT2D eigenvalue weighted by Gasteiger charge is -2.22. The first-order valence-electron chi connectivity index (χ1n) is 17.5. The normalized spacial score (nSPS) is 23.0. The van der Waals surface area contributed by atoms with Gasteiger partial charge in [0, 0.05) is 5.57 Å². The molecule has 0 amide bonds. The van der Waals surface area contributed by atoms with Crippen LogP contribution in [0.2, 0.25) is 0 Å². The Bertz CT molecular complexity index is 694. The highest BCUT2D eigenvalue weighted by Gasteiger charge is 2.34. The molecular formula is C35H64O6. The van der Waals surface area contributed by atoms with Gasteiger partial charge in [-0.25, -0.2) is 4.79 Å². The fourth-order valence-electron chi connectivity index (χ4n) is 6.39. The highest BCUT2D eigenvalue weighted by Crippen LogP contribution is 2.28. The van der Waals surface area contributed by atoms with Gasteiger partial charge in [-0.15, -0.1) is 0 Å². The molecule has 0 spiro atoms. The molecule has 0 radical (unpaired) electrons. The van der Waals surface area contributed by atoms with Crippen LogP contribution in [0.5, 0.6) is 0 Å². The Morgan fingerprint density at radius 3 is 1.61 bits per heavy atom. The molecule has 0 saturated carbocycles. The molecule has 6 unspecified atom stereocenters. The zero-order chi connectivity index (χ0) is 29.7. The third-order valence-corrected chi connectivity index (χ3v) is 9.06. The molecule has 6 nitrogen and oxygen atoms in total. The van der Waals surface area contributed by atoms with Crippen LogP contribution in [0.3, 0.4) is 0 Å². The number of carbonyl (C=O) groups is 1. The van der Waals surface area contributed by atoms with E-state index in [1.165, 1.54) is 57.8 Å². The zero-order valence-electron chi connectivity index (χ0n) is 26.6. The maximum absolute atomic E-state index is 11.6. The zero-order valence-corrected chi connectivity index (χ0v) is 26.6. The van der Waals surface area contributed by atoms with Gasteiger partial charge in [-0.3, -0.25) is 0 Å². The number of esters is 1. The average Bonchev–Trinajstić information content (AvgIpc) is 3.57. The molecule has 6 heteroatoms. The van der Waals surface area contributed by atoms with Gasteiger partial charge in [-0.2, -0.15) is 0 Å². The monoisotopic (exact) mass is 580 g/mol. The van der Waals surface area contributed by atoms with Crippen LogP contribution < -0.4 is 0 Å². The number of hydrogen-bond acceptors (Lipinski definition) is 6. The van der Waals surface area contributed by atoms with Gasteiger partial charge in [-0.05, 0) is 64.4 Å². The summed E-state index contributed by atoms with van der Waals surface area (Å²) in [6.07, 6.45) is 26.2. The Labute approximate surface area is 251 Å². The van der Waals surface area contributed by atoms with Crippen LogP contribution in [0.15, 0.2) is 11.6 Å². The smallest absolute Gasteiger partial charge is 0.334 e. The summed E-state index contributed by atoms with van der Waals surface area (Å²) in [4.78, 5) is 11.6. The third-order valence-electron chi connectivity index (χ3n) is 9.06. The van der Waals surface area contributed by atoms with Crippen LogP contribution in [0.25, 0.3) is 0 Å². The Morgan fingerprint density at radius 2 is 1.12 bits per heavy atom. The van der Waals surface area contributed by atoms with E-state index in [9.17, 15) is 20.1 Å². The van der Waals surface area contributed by atoms with Crippen molar-refractivity contribution in [2.75, 3.05) is 0 Å². The summed E-state index contributed by atoms with van der Waals surface area (Å²) in [5.41, 5.74) is 0.819. The average molecular weight is 581 g/mol. The molecule has 0 aromatic rings. The quantitative estimate of drug-likeness (QED) is 0.0707. The second-order valence-electron chi connectivity index (χ2n) is 12.9. The molecule has 1 saturated heterocycles. The number of hydrogen-bond donors (Lipinski definition) is 3. The molecular weight excluding hydrogens is 516 g/mol. The van der Waals surface area contributed by atoms with Crippen LogP contribution in [-0.2, 0) is 14.3 Å². The second-order valence-corrected chi connectivity index (χ2v) is 12.9. The number of ether oxygens (including phenoxy) is 2. The Balaban J connectivity index is 1.39. The van der Waals surface area contributed by atoms with E-state index in [0.717, 1.165) is 102 Å². The van der Waals surface area contributed by atoms with Crippen LogP contribution >= 0.6 is 0 Å². The number of cyclic esters (lactones) is 1. The lowest BCUT2D eigenvalue weighted by molar-refractivity contribution is -0.139. The summed E-state index contributed by atoms with van der Waals surface area (Å²) in [5, 5.41) is 31.5. The van der Waals surface area contributed by atoms with Crippen LogP contribution in [-0.4, -0.2) is 57.9 Å². The first-order chi connectivity index (χ1) is 19.9. The molecule has 2 aliphatic rings. The van der Waals surface area contributed by atoms with Gasteiger partial charge in [0.1, 0.15) is 6.10 Å². The molecule has 2 aliphatic heterocycles. The molecule has 0 aromatic heterocycles. The molecule has 6 atom stereocenters. The standard InChI is InChI=1S/C35H64O6/c1-3-4-5-6-7-8-9-10-11-18-23-31(37)33-25-26-34(41-33)32(38)24-19-14-17-22-30(36)21-16-13-12-15-20-29-27-28(2)40-35(29)39/h27-28,30-34,36-38H,3-26H2,1-2H3.